The first-order valence-electron chi connectivity index (χ1n) is 8.30. The van der Waals surface area contributed by atoms with Gasteiger partial charge in [0.2, 0.25) is 0 Å². The number of benzene rings is 1. The van der Waals surface area contributed by atoms with Crippen molar-refractivity contribution in [2.24, 2.45) is 10.4 Å². The van der Waals surface area contributed by atoms with Gasteiger partial charge in [-0.2, -0.15) is 11.8 Å². The number of aliphatic imine (C=N–C) groups is 1. The lowest BCUT2D eigenvalue weighted by atomic mass is 9.68. The molecule has 0 saturated carbocycles. The molecule has 1 saturated heterocycles. The number of thioether (sulfide) groups is 1. The highest BCUT2D eigenvalue weighted by molar-refractivity contribution is 8.01. The number of carbonyl (C=O) groups excluding carboxylic acids is 1. The zero-order valence-corrected chi connectivity index (χ0v) is 15.3. The van der Waals surface area contributed by atoms with Crippen molar-refractivity contribution in [1.82, 2.24) is 0 Å². The van der Waals surface area contributed by atoms with Crippen molar-refractivity contribution in [3.63, 3.8) is 0 Å². The maximum atomic E-state index is 13.6. The zero-order valence-electron chi connectivity index (χ0n) is 13.7. The Morgan fingerprint density at radius 2 is 2.12 bits per heavy atom. The van der Waals surface area contributed by atoms with Crippen molar-refractivity contribution >= 4 is 34.9 Å². The van der Waals surface area contributed by atoms with Gasteiger partial charge in [0.15, 0.2) is 5.78 Å². The Labute approximate surface area is 150 Å². The number of Topliss-reactive ketones (excluding diaryl/α,β-unsaturated/α-hetero) is 1. The van der Waals surface area contributed by atoms with Crippen LogP contribution >= 0.6 is 23.4 Å². The van der Waals surface area contributed by atoms with Gasteiger partial charge in [0.25, 0.3) is 0 Å². The van der Waals surface area contributed by atoms with Gasteiger partial charge in [-0.3, -0.25) is 9.79 Å². The van der Waals surface area contributed by atoms with E-state index in [1.807, 2.05) is 25.6 Å². The fraction of sp³-hybridized carbons (Fsp3) is 0.474. The third kappa shape index (κ3) is 2.46. The quantitative estimate of drug-likeness (QED) is 0.689. The van der Waals surface area contributed by atoms with E-state index in [0.29, 0.717) is 0 Å². The molecular formula is C19H19ClFNOS. The minimum Gasteiger partial charge on any atom is -0.294 e. The summed E-state index contributed by atoms with van der Waals surface area (Å²) >= 11 is 7.87. The van der Waals surface area contributed by atoms with Crippen LogP contribution in [0.15, 0.2) is 34.5 Å². The largest absolute Gasteiger partial charge is 0.294 e. The second kappa shape index (κ2) is 5.70. The first-order valence-corrected chi connectivity index (χ1v) is 9.73. The topological polar surface area (TPSA) is 29.4 Å². The first kappa shape index (κ1) is 16.3. The Balaban J connectivity index is 1.89. The van der Waals surface area contributed by atoms with Crippen LogP contribution in [0.3, 0.4) is 0 Å². The minimum absolute atomic E-state index is 0.0647. The highest BCUT2D eigenvalue weighted by Crippen LogP contribution is 2.50. The standard InChI is InChI=1S/C19H19ClFNOS/c1-19(2)7-5-13-16(18(19)23)15(17-14(22-13)6-8-24-17)10-3-4-12(21)11(20)9-10/h3-4,9,15,17H,5-8H2,1-2H3. The van der Waals surface area contributed by atoms with E-state index in [0.717, 1.165) is 41.8 Å². The van der Waals surface area contributed by atoms with E-state index in [9.17, 15) is 9.18 Å². The van der Waals surface area contributed by atoms with Gasteiger partial charge in [-0.15, -0.1) is 0 Å². The predicted octanol–water partition coefficient (Wildman–Crippen LogP) is 5.17. The Bertz CT molecular complexity index is 799. The Hall–Kier alpha value is -1.13. The van der Waals surface area contributed by atoms with E-state index in [-0.39, 0.29) is 27.4 Å². The molecule has 1 fully saturated rings. The molecule has 0 N–H and O–H groups in total. The molecule has 5 heteroatoms. The number of rotatable bonds is 1. The molecule has 0 radical (unpaired) electrons. The number of hydrogen-bond donors (Lipinski definition) is 0. The SMILES string of the molecule is CC1(C)CCC2=C(C1=O)C(c1ccc(F)c(Cl)c1)C1SCCC1=N2. The van der Waals surface area contributed by atoms with Crippen LogP contribution in [0.5, 0.6) is 0 Å². The monoisotopic (exact) mass is 363 g/mol. The number of hydrogen-bond acceptors (Lipinski definition) is 3. The van der Waals surface area contributed by atoms with Crippen LogP contribution in [0, 0.1) is 11.2 Å². The summed E-state index contributed by atoms with van der Waals surface area (Å²) in [5.41, 5.74) is 3.51. The summed E-state index contributed by atoms with van der Waals surface area (Å²) in [7, 11) is 0. The molecule has 24 heavy (non-hydrogen) atoms. The van der Waals surface area contributed by atoms with E-state index < -0.39 is 5.82 Å². The summed E-state index contributed by atoms with van der Waals surface area (Å²) in [5, 5.41) is 0.285. The third-order valence-corrected chi connectivity index (χ3v) is 6.97. The second-order valence-corrected chi connectivity index (χ2v) is 9.03. The fourth-order valence-electron chi connectivity index (χ4n) is 3.92. The van der Waals surface area contributed by atoms with Crippen molar-refractivity contribution in [3.05, 3.63) is 45.9 Å². The molecule has 4 rings (SSSR count). The van der Waals surface area contributed by atoms with Gasteiger partial charge in [-0.1, -0.05) is 31.5 Å². The summed E-state index contributed by atoms with van der Waals surface area (Å²) in [4.78, 5) is 18.0. The highest BCUT2D eigenvalue weighted by Gasteiger charge is 2.46. The summed E-state index contributed by atoms with van der Waals surface area (Å²) in [6, 6.07) is 4.86. The molecule has 2 heterocycles. The first-order chi connectivity index (χ1) is 11.4. The van der Waals surface area contributed by atoms with E-state index >= 15 is 0 Å². The number of nitrogens with zero attached hydrogens (tertiary/aromatic N) is 1. The number of carbonyl (C=O) groups is 1. The van der Waals surface area contributed by atoms with Crippen molar-refractivity contribution in [2.75, 3.05) is 5.75 Å². The van der Waals surface area contributed by atoms with Gasteiger partial charge in [-0.25, -0.2) is 4.39 Å². The third-order valence-electron chi connectivity index (χ3n) is 5.34. The molecule has 1 aliphatic carbocycles. The molecule has 3 aliphatic rings. The normalized spacial score (nSPS) is 28.5. The van der Waals surface area contributed by atoms with Crippen LogP contribution in [0.1, 0.15) is 44.6 Å². The van der Waals surface area contributed by atoms with Gasteiger partial charge in [0.1, 0.15) is 5.82 Å². The van der Waals surface area contributed by atoms with Gasteiger partial charge >= 0.3 is 0 Å². The highest BCUT2D eigenvalue weighted by atomic mass is 35.5. The molecule has 0 aromatic heterocycles. The summed E-state index contributed by atoms with van der Waals surface area (Å²) in [5.74, 6) is 0.718. The molecule has 126 valence electrons. The fourth-order valence-corrected chi connectivity index (χ4v) is 5.54. The summed E-state index contributed by atoms with van der Waals surface area (Å²) < 4.78 is 13.6. The molecule has 1 aromatic rings. The van der Waals surface area contributed by atoms with Gasteiger partial charge in [0, 0.05) is 28.3 Å². The molecular weight excluding hydrogens is 345 g/mol. The van der Waals surface area contributed by atoms with Crippen molar-refractivity contribution in [2.45, 2.75) is 44.3 Å². The van der Waals surface area contributed by atoms with Crippen molar-refractivity contribution < 1.29 is 9.18 Å². The van der Waals surface area contributed by atoms with Crippen LogP contribution in [0.2, 0.25) is 5.02 Å². The molecule has 0 bridgehead atoms. The van der Waals surface area contributed by atoms with Crippen molar-refractivity contribution in [3.8, 4) is 0 Å². The summed E-state index contributed by atoms with van der Waals surface area (Å²) in [6.45, 7) is 4.02. The Morgan fingerprint density at radius 1 is 1.33 bits per heavy atom. The van der Waals surface area contributed by atoms with Crippen LogP contribution in [-0.4, -0.2) is 22.5 Å². The van der Waals surface area contributed by atoms with Crippen LogP contribution in [0.25, 0.3) is 0 Å². The van der Waals surface area contributed by atoms with E-state index in [2.05, 4.69) is 0 Å². The molecule has 0 amide bonds. The lowest BCUT2D eigenvalue weighted by molar-refractivity contribution is -0.124. The maximum Gasteiger partial charge on any atom is 0.166 e. The molecule has 0 spiro atoms. The molecule has 2 nitrogen and oxygen atoms in total. The van der Waals surface area contributed by atoms with Crippen molar-refractivity contribution in [1.29, 1.82) is 0 Å². The van der Waals surface area contributed by atoms with Crippen LogP contribution < -0.4 is 0 Å². The lowest BCUT2D eigenvalue weighted by Gasteiger charge is -2.38. The van der Waals surface area contributed by atoms with Crippen LogP contribution in [-0.2, 0) is 4.79 Å². The molecule has 2 atom stereocenters. The number of fused-ring (bicyclic) bond motifs is 1. The number of ketones is 1. The number of allylic oxidation sites excluding steroid dienone is 2. The lowest BCUT2D eigenvalue weighted by Crippen LogP contribution is -2.38. The average molecular weight is 364 g/mol. The maximum absolute atomic E-state index is 13.6. The minimum atomic E-state index is -0.423. The molecule has 2 unspecified atom stereocenters. The smallest absolute Gasteiger partial charge is 0.166 e. The Kier molecular flexibility index (Phi) is 3.88. The summed E-state index contributed by atoms with van der Waals surface area (Å²) in [6.07, 6.45) is 2.63. The van der Waals surface area contributed by atoms with E-state index in [1.54, 1.807) is 12.1 Å². The average Bonchev–Trinajstić information content (AvgIpc) is 3.00. The van der Waals surface area contributed by atoms with Gasteiger partial charge in [0.05, 0.1) is 10.3 Å². The van der Waals surface area contributed by atoms with Crippen LogP contribution in [0.4, 0.5) is 4.39 Å². The second-order valence-electron chi connectivity index (χ2n) is 7.37. The van der Waals surface area contributed by atoms with E-state index in [1.165, 1.54) is 11.8 Å². The number of halogens is 2. The van der Waals surface area contributed by atoms with E-state index in [4.69, 9.17) is 16.6 Å². The molecule has 1 aromatic carbocycles. The Morgan fingerprint density at radius 3 is 2.88 bits per heavy atom. The molecule has 2 aliphatic heterocycles. The van der Waals surface area contributed by atoms with Gasteiger partial charge in [-0.05, 0) is 42.7 Å². The zero-order chi connectivity index (χ0) is 17.1. The predicted molar refractivity (Wildman–Crippen MR) is 97.5 cm³/mol. The van der Waals surface area contributed by atoms with Gasteiger partial charge < -0.3 is 0 Å².